The van der Waals surface area contributed by atoms with Gasteiger partial charge in [0.2, 0.25) is 5.91 Å². The number of piperidine rings is 1. The monoisotopic (exact) mass is 243 g/mol. The van der Waals surface area contributed by atoms with Crippen LogP contribution < -0.4 is 5.32 Å². The number of nitrogens with one attached hydrogen (secondary N) is 1. The van der Waals surface area contributed by atoms with Gasteiger partial charge < -0.3 is 0 Å². The Bertz CT molecular complexity index is 645. The molecule has 2 heterocycles. The summed E-state index contributed by atoms with van der Waals surface area (Å²) in [5.41, 5.74) is 1.83. The maximum atomic E-state index is 11.9. The first-order chi connectivity index (χ1) is 8.66. The van der Waals surface area contributed by atoms with Gasteiger partial charge in [-0.2, -0.15) is 5.10 Å². The molecule has 1 aromatic heterocycles. The van der Waals surface area contributed by atoms with Crippen LogP contribution in [0, 0.1) is 6.92 Å². The highest BCUT2D eigenvalue weighted by molar-refractivity contribution is 6.00. The van der Waals surface area contributed by atoms with Crippen LogP contribution in [0.1, 0.15) is 24.6 Å². The Balaban J connectivity index is 2.09. The van der Waals surface area contributed by atoms with Crippen LogP contribution in [0.25, 0.3) is 10.9 Å². The van der Waals surface area contributed by atoms with E-state index in [-0.39, 0.29) is 17.9 Å². The SMILES string of the molecule is Cc1nn(C2CCC(=O)NC2=O)c2ccccc12. The molecule has 1 N–H and O–H groups in total. The smallest absolute Gasteiger partial charge is 0.251 e. The molecule has 0 aliphatic carbocycles. The zero-order chi connectivity index (χ0) is 12.7. The highest BCUT2D eigenvalue weighted by atomic mass is 16.2. The van der Waals surface area contributed by atoms with Gasteiger partial charge in [-0.1, -0.05) is 18.2 Å². The summed E-state index contributed by atoms with van der Waals surface area (Å²) >= 11 is 0. The molecular weight excluding hydrogens is 230 g/mol. The van der Waals surface area contributed by atoms with E-state index in [4.69, 9.17) is 0 Å². The predicted molar refractivity (Wildman–Crippen MR) is 65.9 cm³/mol. The van der Waals surface area contributed by atoms with Crippen molar-refractivity contribution in [2.75, 3.05) is 0 Å². The maximum absolute atomic E-state index is 11.9. The summed E-state index contributed by atoms with van der Waals surface area (Å²) in [4.78, 5) is 23.0. The van der Waals surface area contributed by atoms with Crippen LogP contribution in [0.5, 0.6) is 0 Å². The minimum atomic E-state index is -0.388. The van der Waals surface area contributed by atoms with Crippen LogP contribution in [0.4, 0.5) is 0 Å². The largest absolute Gasteiger partial charge is 0.295 e. The minimum Gasteiger partial charge on any atom is -0.295 e. The average molecular weight is 243 g/mol. The Morgan fingerprint density at radius 2 is 2.11 bits per heavy atom. The summed E-state index contributed by atoms with van der Waals surface area (Å²) in [5, 5.41) is 7.84. The van der Waals surface area contributed by atoms with Crippen molar-refractivity contribution in [3.8, 4) is 0 Å². The van der Waals surface area contributed by atoms with E-state index >= 15 is 0 Å². The van der Waals surface area contributed by atoms with Crippen molar-refractivity contribution in [2.45, 2.75) is 25.8 Å². The zero-order valence-electron chi connectivity index (χ0n) is 10.0. The van der Waals surface area contributed by atoms with Crippen molar-refractivity contribution in [3.05, 3.63) is 30.0 Å². The van der Waals surface area contributed by atoms with Gasteiger partial charge in [0.25, 0.3) is 5.91 Å². The Labute approximate surface area is 104 Å². The molecule has 1 aliphatic heterocycles. The predicted octanol–water partition coefficient (Wildman–Crippen LogP) is 1.32. The second-order valence-electron chi connectivity index (χ2n) is 4.51. The van der Waals surface area contributed by atoms with Crippen LogP contribution >= 0.6 is 0 Å². The number of aromatic nitrogens is 2. The molecule has 0 spiro atoms. The molecule has 0 bridgehead atoms. The van der Waals surface area contributed by atoms with E-state index in [1.54, 1.807) is 4.68 Å². The highest BCUT2D eigenvalue weighted by Crippen LogP contribution is 2.25. The molecule has 1 fully saturated rings. The van der Waals surface area contributed by atoms with E-state index in [2.05, 4.69) is 10.4 Å². The molecule has 3 rings (SSSR count). The normalized spacial score (nSPS) is 20.2. The Hall–Kier alpha value is -2.17. The molecule has 92 valence electrons. The van der Waals surface area contributed by atoms with Crippen molar-refractivity contribution >= 4 is 22.7 Å². The standard InChI is InChI=1S/C13H13N3O2/c1-8-9-4-2-3-5-10(9)16(15-8)11-6-7-12(17)14-13(11)18/h2-5,11H,6-7H2,1H3,(H,14,17,18). The number of benzene rings is 1. The third-order valence-electron chi connectivity index (χ3n) is 3.30. The summed E-state index contributed by atoms with van der Waals surface area (Å²) in [5.74, 6) is -0.469. The van der Waals surface area contributed by atoms with Gasteiger partial charge in [0.15, 0.2) is 0 Å². The van der Waals surface area contributed by atoms with Gasteiger partial charge in [-0.25, -0.2) is 0 Å². The number of carbonyl (C=O) groups excluding carboxylic acids is 2. The van der Waals surface area contributed by atoms with E-state index in [9.17, 15) is 9.59 Å². The topological polar surface area (TPSA) is 64.0 Å². The molecule has 5 heteroatoms. The molecule has 18 heavy (non-hydrogen) atoms. The van der Waals surface area contributed by atoms with Crippen molar-refractivity contribution in [1.82, 2.24) is 15.1 Å². The first-order valence-corrected chi connectivity index (χ1v) is 5.94. The molecule has 2 aromatic rings. The van der Waals surface area contributed by atoms with E-state index < -0.39 is 0 Å². The first kappa shape index (κ1) is 11.0. The third kappa shape index (κ3) is 1.59. The number of fused-ring (bicyclic) bond motifs is 1. The molecule has 0 radical (unpaired) electrons. The van der Waals surface area contributed by atoms with Crippen LogP contribution in [-0.4, -0.2) is 21.6 Å². The fourth-order valence-electron chi connectivity index (χ4n) is 2.40. The summed E-state index contributed by atoms with van der Waals surface area (Å²) in [7, 11) is 0. The van der Waals surface area contributed by atoms with Crippen molar-refractivity contribution in [1.29, 1.82) is 0 Å². The quantitative estimate of drug-likeness (QED) is 0.768. The third-order valence-corrected chi connectivity index (χ3v) is 3.30. The number of para-hydroxylation sites is 1. The molecule has 5 nitrogen and oxygen atoms in total. The number of imide groups is 1. The molecule has 1 unspecified atom stereocenters. The van der Waals surface area contributed by atoms with E-state index in [0.717, 1.165) is 16.6 Å². The van der Waals surface area contributed by atoms with E-state index in [1.807, 2.05) is 31.2 Å². The lowest BCUT2D eigenvalue weighted by Crippen LogP contribution is -2.42. The van der Waals surface area contributed by atoms with Gasteiger partial charge in [0.1, 0.15) is 6.04 Å². The van der Waals surface area contributed by atoms with Crippen LogP contribution in [0.3, 0.4) is 0 Å². The second kappa shape index (κ2) is 3.94. The van der Waals surface area contributed by atoms with Crippen LogP contribution in [0.2, 0.25) is 0 Å². The molecule has 0 saturated carbocycles. The number of amides is 2. The fraction of sp³-hybridized carbons (Fsp3) is 0.308. The lowest BCUT2D eigenvalue weighted by molar-refractivity contribution is -0.135. The minimum absolute atomic E-state index is 0.204. The first-order valence-electron chi connectivity index (χ1n) is 5.94. The molecule has 1 aromatic carbocycles. The van der Waals surface area contributed by atoms with Crippen LogP contribution in [0.15, 0.2) is 24.3 Å². The van der Waals surface area contributed by atoms with Crippen molar-refractivity contribution in [3.63, 3.8) is 0 Å². The zero-order valence-corrected chi connectivity index (χ0v) is 10.0. The van der Waals surface area contributed by atoms with Crippen molar-refractivity contribution < 1.29 is 9.59 Å². The van der Waals surface area contributed by atoms with Gasteiger partial charge in [0, 0.05) is 11.8 Å². The fourth-order valence-corrected chi connectivity index (χ4v) is 2.40. The second-order valence-corrected chi connectivity index (χ2v) is 4.51. The summed E-state index contributed by atoms with van der Waals surface area (Å²) < 4.78 is 1.73. The number of rotatable bonds is 1. The Morgan fingerprint density at radius 1 is 1.33 bits per heavy atom. The van der Waals surface area contributed by atoms with E-state index in [1.165, 1.54) is 0 Å². The van der Waals surface area contributed by atoms with Gasteiger partial charge in [0.05, 0.1) is 11.2 Å². The lowest BCUT2D eigenvalue weighted by atomic mass is 10.1. The molecule has 1 aliphatic rings. The summed E-state index contributed by atoms with van der Waals surface area (Å²) in [6.45, 7) is 1.92. The number of aryl methyl sites for hydroxylation is 1. The average Bonchev–Trinajstić information content (AvgIpc) is 2.68. The summed E-state index contributed by atoms with van der Waals surface area (Å²) in [6.07, 6.45) is 0.874. The number of hydrogen-bond acceptors (Lipinski definition) is 3. The molecule has 1 atom stereocenters. The number of hydrogen-bond donors (Lipinski definition) is 1. The van der Waals surface area contributed by atoms with Gasteiger partial charge in [-0.15, -0.1) is 0 Å². The van der Waals surface area contributed by atoms with E-state index in [0.29, 0.717) is 12.8 Å². The van der Waals surface area contributed by atoms with Crippen LogP contribution in [-0.2, 0) is 9.59 Å². The number of nitrogens with zero attached hydrogens (tertiary/aromatic N) is 2. The maximum Gasteiger partial charge on any atom is 0.251 e. The number of carbonyl (C=O) groups is 2. The van der Waals surface area contributed by atoms with Crippen molar-refractivity contribution in [2.24, 2.45) is 0 Å². The Kier molecular flexibility index (Phi) is 2.40. The van der Waals surface area contributed by atoms with Gasteiger partial charge >= 0.3 is 0 Å². The van der Waals surface area contributed by atoms with Gasteiger partial charge in [-0.3, -0.25) is 19.6 Å². The molecule has 2 amide bonds. The highest BCUT2D eigenvalue weighted by Gasteiger charge is 2.29. The molecular formula is C13H13N3O2. The summed E-state index contributed by atoms with van der Waals surface area (Å²) in [6, 6.07) is 7.41. The Morgan fingerprint density at radius 3 is 2.89 bits per heavy atom. The molecule has 1 saturated heterocycles. The lowest BCUT2D eigenvalue weighted by Gasteiger charge is -2.21. The van der Waals surface area contributed by atoms with Gasteiger partial charge in [-0.05, 0) is 19.4 Å².